The third-order valence-corrected chi connectivity index (χ3v) is 5.71. The fraction of sp³-hybridized carbons (Fsp3) is 0.421. The molecule has 2 fully saturated rings. The lowest BCUT2D eigenvalue weighted by Gasteiger charge is -2.43. The number of aromatic nitrogens is 2. The molecule has 1 aromatic heterocycles. The largest absolute Gasteiger partial charge is 0.366 e. The maximum absolute atomic E-state index is 12.9. The zero-order valence-corrected chi connectivity index (χ0v) is 15.4. The molecule has 136 valence electrons. The molecule has 6 nitrogen and oxygen atoms in total. The average molecular weight is 373 g/mol. The van der Waals surface area contributed by atoms with Crippen molar-refractivity contribution in [1.29, 1.82) is 0 Å². The van der Waals surface area contributed by atoms with Crippen LogP contribution in [0.3, 0.4) is 0 Å². The number of likely N-dealkylation sites (tertiary alicyclic amines) is 1. The number of piperidine rings is 1. The topological polar surface area (TPSA) is 58.4 Å². The zero-order chi connectivity index (χ0) is 18.3. The predicted molar refractivity (Wildman–Crippen MR) is 99.0 cm³/mol. The molecule has 0 aliphatic carbocycles. The Morgan fingerprint density at radius 2 is 1.96 bits per heavy atom. The van der Waals surface area contributed by atoms with Gasteiger partial charge in [-0.1, -0.05) is 23.7 Å². The number of hydrogen-bond donors (Lipinski definition) is 0. The minimum atomic E-state index is -0.745. The molecule has 2 saturated heterocycles. The molecule has 1 amide bonds. The third-order valence-electron chi connectivity index (χ3n) is 5.46. The van der Waals surface area contributed by atoms with Crippen LogP contribution in [0.2, 0.25) is 5.02 Å². The second kappa shape index (κ2) is 6.43. The number of hydrogen-bond acceptors (Lipinski definition) is 4. The van der Waals surface area contributed by atoms with Crippen LogP contribution in [0.25, 0.3) is 0 Å². The number of anilines is 1. The van der Waals surface area contributed by atoms with Crippen LogP contribution in [0.15, 0.2) is 36.7 Å². The van der Waals surface area contributed by atoms with Gasteiger partial charge in [0.25, 0.3) is 0 Å². The second-order valence-corrected chi connectivity index (χ2v) is 7.54. The summed E-state index contributed by atoms with van der Waals surface area (Å²) in [7, 11) is 1.87. The number of Topliss-reactive ketones (excluding diaryl/α,β-unsaturated/α-hetero) is 1. The van der Waals surface area contributed by atoms with E-state index in [0.717, 1.165) is 17.8 Å². The van der Waals surface area contributed by atoms with Crippen LogP contribution in [0.1, 0.15) is 24.8 Å². The summed E-state index contributed by atoms with van der Waals surface area (Å²) in [6, 6.07) is 7.46. The van der Waals surface area contributed by atoms with Crippen LogP contribution in [0.4, 0.5) is 5.69 Å². The Morgan fingerprint density at radius 1 is 1.19 bits per heavy atom. The molecule has 1 aromatic carbocycles. The van der Waals surface area contributed by atoms with E-state index in [0.29, 0.717) is 37.4 Å². The summed E-state index contributed by atoms with van der Waals surface area (Å²) in [6.45, 7) is 1.70. The van der Waals surface area contributed by atoms with Gasteiger partial charge in [-0.2, -0.15) is 5.10 Å². The van der Waals surface area contributed by atoms with Crippen molar-refractivity contribution < 1.29 is 9.59 Å². The molecule has 4 rings (SSSR count). The van der Waals surface area contributed by atoms with Crippen LogP contribution < -0.4 is 4.90 Å². The summed E-state index contributed by atoms with van der Waals surface area (Å²) < 4.78 is 1.75. The molecule has 26 heavy (non-hydrogen) atoms. The van der Waals surface area contributed by atoms with Gasteiger partial charge < -0.3 is 9.80 Å². The Balaban J connectivity index is 1.63. The monoisotopic (exact) mass is 372 g/mol. The van der Waals surface area contributed by atoms with E-state index in [-0.39, 0.29) is 11.7 Å². The van der Waals surface area contributed by atoms with Gasteiger partial charge in [-0.25, -0.2) is 0 Å². The van der Waals surface area contributed by atoms with Crippen molar-refractivity contribution in [2.24, 2.45) is 7.05 Å². The molecule has 2 aromatic rings. The first-order chi connectivity index (χ1) is 12.5. The van der Waals surface area contributed by atoms with Crippen molar-refractivity contribution in [3.8, 4) is 0 Å². The fourth-order valence-corrected chi connectivity index (χ4v) is 4.15. The number of benzene rings is 1. The molecule has 0 bridgehead atoms. The van der Waals surface area contributed by atoms with E-state index in [1.807, 2.05) is 37.5 Å². The number of ketones is 1. The van der Waals surface area contributed by atoms with Gasteiger partial charge in [0.1, 0.15) is 5.54 Å². The average Bonchev–Trinajstić information content (AvgIpc) is 3.25. The van der Waals surface area contributed by atoms with Gasteiger partial charge in [0.05, 0.1) is 11.9 Å². The SMILES string of the molecule is Cn1cc(N2CCC3(C2)C(=O)CCC(=O)N3Cc2ccc(Cl)cc2)cn1. The first-order valence-corrected chi connectivity index (χ1v) is 9.17. The van der Waals surface area contributed by atoms with Crippen LogP contribution >= 0.6 is 11.6 Å². The standard InChI is InChI=1S/C19H21ClN4O2/c1-22-12-16(10-21-22)23-9-8-19(13-23)17(25)6-7-18(26)24(19)11-14-2-4-15(20)5-3-14/h2-5,10,12H,6-9,11,13H2,1H3. The summed E-state index contributed by atoms with van der Waals surface area (Å²) in [5.74, 6) is 0.213. The number of carbonyl (C=O) groups excluding carboxylic acids is 2. The quantitative estimate of drug-likeness (QED) is 0.830. The van der Waals surface area contributed by atoms with E-state index in [2.05, 4.69) is 10.00 Å². The van der Waals surface area contributed by atoms with Gasteiger partial charge >= 0.3 is 0 Å². The minimum absolute atomic E-state index is 0.0487. The maximum Gasteiger partial charge on any atom is 0.224 e. The van der Waals surface area contributed by atoms with E-state index in [1.54, 1.807) is 15.8 Å². The first kappa shape index (κ1) is 17.1. The zero-order valence-electron chi connectivity index (χ0n) is 14.7. The molecule has 0 N–H and O–H groups in total. The summed E-state index contributed by atoms with van der Waals surface area (Å²) in [5.41, 5.74) is 1.23. The Kier molecular flexibility index (Phi) is 4.23. The highest BCUT2D eigenvalue weighted by Gasteiger charge is 2.52. The highest BCUT2D eigenvalue weighted by Crippen LogP contribution is 2.37. The third kappa shape index (κ3) is 2.88. The lowest BCUT2D eigenvalue weighted by molar-refractivity contribution is -0.152. The van der Waals surface area contributed by atoms with Crippen LogP contribution in [0.5, 0.6) is 0 Å². The van der Waals surface area contributed by atoms with Crippen LogP contribution in [-0.2, 0) is 23.2 Å². The molecule has 1 atom stereocenters. The highest BCUT2D eigenvalue weighted by atomic mass is 35.5. The van der Waals surface area contributed by atoms with Gasteiger partial charge in [0, 0.05) is 50.7 Å². The smallest absolute Gasteiger partial charge is 0.224 e. The van der Waals surface area contributed by atoms with Gasteiger partial charge in [0.15, 0.2) is 5.78 Å². The van der Waals surface area contributed by atoms with Gasteiger partial charge in [0.2, 0.25) is 5.91 Å². The van der Waals surface area contributed by atoms with Crippen molar-refractivity contribution >= 4 is 29.0 Å². The first-order valence-electron chi connectivity index (χ1n) is 8.80. The molecule has 1 unspecified atom stereocenters. The Labute approximate surface area is 157 Å². The minimum Gasteiger partial charge on any atom is -0.366 e. The molecule has 0 saturated carbocycles. The van der Waals surface area contributed by atoms with Gasteiger partial charge in [-0.05, 0) is 24.1 Å². The number of halogens is 1. The summed E-state index contributed by atoms with van der Waals surface area (Å²) >= 11 is 5.97. The fourth-order valence-electron chi connectivity index (χ4n) is 4.02. The van der Waals surface area contributed by atoms with Gasteiger partial charge in [-0.3, -0.25) is 14.3 Å². The van der Waals surface area contributed by atoms with E-state index >= 15 is 0 Å². The van der Waals surface area contributed by atoms with Crippen molar-refractivity contribution in [3.63, 3.8) is 0 Å². The molecule has 1 spiro atoms. The number of aryl methyl sites for hydroxylation is 1. The number of carbonyl (C=O) groups is 2. The molecule has 2 aliphatic rings. The number of nitrogens with zero attached hydrogens (tertiary/aromatic N) is 4. The van der Waals surface area contributed by atoms with E-state index < -0.39 is 5.54 Å². The Bertz CT molecular complexity index is 847. The van der Waals surface area contributed by atoms with E-state index in [1.165, 1.54) is 0 Å². The van der Waals surface area contributed by atoms with Crippen molar-refractivity contribution in [3.05, 3.63) is 47.2 Å². The molecule has 0 radical (unpaired) electrons. The van der Waals surface area contributed by atoms with Gasteiger partial charge in [-0.15, -0.1) is 0 Å². The lowest BCUT2D eigenvalue weighted by Crippen LogP contribution is -2.61. The predicted octanol–water partition coefficient (Wildman–Crippen LogP) is 2.41. The summed E-state index contributed by atoms with van der Waals surface area (Å²) in [6.07, 6.45) is 5.02. The van der Waals surface area contributed by atoms with Crippen molar-refractivity contribution in [2.45, 2.75) is 31.3 Å². The molecular formula is C19H21ClN4O2. The number of amides is 1. The normalized spacial score (nSPS) is 23.3. The molecule has 3 heterocycles. The highest BCUT2D eigenvalue weighted by molar-refractivity contribution is 6.30. The Morgan fingerprint density at radius 3 is 2.65 bits per heavy atom. The lowest BCUT2D eigenvalue weighted by atomic mass is 9.83. The van der Waals surface area contributed by atoms with Crippen molar-refractivity contribution in [2.75, 3.05) is 18.0 Å². The Hall–Kier alpha value is -2.34. The number of rotatable bonds is 3. The molecule has 7 heteroatoms. The van der Waals surface area contributed by atoms with Crippen LogP contribution in [-0.4, -0.2) is 45.0 Å². The second-order valence-electron chi connectivity index (χ2n) is 7.10. The summed E-state index contributed by atoms with van der Waals surface area (Å²) in [5, 5.41) is 4.88. The molecular weight excluding hydrogens is 352 g/mol. The van der Waals surface area contributed by atoms with Crippen LogP contribution in [0, 0.1) is 0 Å². The van der Waals surface area contributed by atoms with E-state index in [9.17, 15) is 9.59 Å². The summed E-state index contributed by atoms with van der Waals surface area (Å²) in [4.78, 5) is 29.6. The van der Waals surface area contributed by atoms with Crippen molar-refractivity contribution in [1.82, 2.24) is 14.7 Å². The maximum atomic E-state index is 12.9. The molecule has 2 aliphatic heterocycles. The van der Waals surface area contributed by atoms with E-state index in [4.69, 9.17) is 11.6 Å².